The quantitative estimate of drug-likeness (QED) is 0.502. The number of carbonyl (C=O) groups excluding carboxylic acids is 2. The molecule has 80 valence electrons. The number of ether oxygens (including phenoxy) is 1. The minimum Gasteiger partial charge on any atom is -0.461 e. The minimum atomic E-state index is -0.499. The summed E-state index contributed by atoms with van der Waals surface area (Å²) in [6, 6.07) is 0. The summed E-state index contributed by atoms with van der Waals surface area (Å²) in [6.07, 6.45) is 1.21. The van der Waals surface area contributed by atoms with Crippen LogP contribution in [0.1, 0.15) is 6.92 Å². The lowest BCUT2D eigenvalue weighted by Gasteiger charge is -2.14. The molecule has 0 rings (SSSR count). The molecule has 5 heteroatoms. The number of nitrogens with one attached hydrogen (secondary N) is 1. The van der Waals surface area contributed by atoms with E-state index in [2.05, 4.69) is 5.32 Å². The van der Waals surface area contributed by atoms with Gasteiger partial charge < -0.3 is 15.0 Å². The van der Waals surface area contributed by atoms with Crippen molar-refractivity contribution in [2.24, 2.45) is 0 Å². The van der Waals surface area contributed by atoms with Gasteiger partial charge in [-0.25, -0.2) is 4.79 Å². The normalized spacial score (nSPS) is 10.7. The maximum Gasteiger partial charge on any atom is 0.354 e. The molecule has 0 aliphatic heterocycles. The summed E-state index contributed by atoms with van der Waals surface area (Å²) < 4.78 is 4.78. The fraction of sp³-hybridized carbons (Fsp3) is 0.556. The van der Waals surface area contributed by atoms with E-state index >= 15 is 0 Å². The van der Waals surface area contributed by atoms with Crippen LogP contribution in [-0.4, -0.2) is 44.5 Å². The average molecular weight is 200 g/mol. The molecule has 5 nitrogen and oxygen atoms in total. The van der Waals surface area contributed by atoms with Gasteiger partial charge in [0.2, 0.25) is 5.91 Å². The van der Waals surface area contributed by atoms with E-state index in [1.165, 1.54) is 18.0 Å². The van der Waals surface area contributed by atoms with Crippen molar-refractivity contribution in [1.29, 1.82) is 0 Å². The van der Waals surface area contributed by atoms with E-state index in [0.29, 0.717) is 0 Å². The zero-order chi connectivity index (χ0) is 11.1. The summed E-state index contributed by atoms with van der Waals surface area (Å²) in [4.78, 5) is 23.9. The number of esters is 1. The van der Waals surface area contributed by atoms with Crippen LogP contribution in [0.4, 0.5) is 0 Å². The lowest BCUT2D eigenvalue weighted by atomic mass is 10.3. The van der Waals surface area contributed by atoms with E-state index < -0.39 is 5.97 Å². The van der Waals surface area contributed by atoms with Crippen molar-refractivity contribution in [2.75, 3.05) is 27.7 Å². The maximum atomic E-state index is 11.3. The standard InChI is InChI=1S/C9H16N2O3/c1-5-14-9(13)7(11(3)4)6-8(12)10-2/h6H,5H2,1-4H3,(H,10,12)/b7-6-. The Balaban J connectivity index is 4.67. The van der Waals surface area contributed by atoms with Gasteiger partial charge in [0.15, 0.2) is 0 Å². The first-order chi connectivity index (χ1) is 6.52. The first kappa shape index (κ1) is 12.5. The molecule has 0 aliphatic rings. The van der Waals surface area contributed by atoms with Crippen molar-refractivity contribution in [2.45, 2.75) is 6.92 Å². The summed E-state index contributed by atoms with van der Waals surface area (Å²) in [6.45, 7) is 2.00. The zero-order valence-electron chi connectivity index (χ0n) is 8.96. The van der Waals surface area contributed by atoms with E-state index in [9.17, 15) is 9.59 Å². The molecule has 0 radical (unpaired) electrons. The van der Waals surface area contributed by atoms with Gasteiger partial charge in [0.05, 0.1) is 6.61 Å². The predicted octanol–water partition coefficient (Wildman–Crippen LogP) is -0.259. The number of likely N-dealkylation sites (N-methyl/N-ethyl adjacent to an activating group) is 2. The molecule has 0 aromatic carbocycles. The molecule has 0 heterocycles. The zero-order valence-corrected chi connectivity index (χ0v) is 8.96. The molecule has 0 aliphatic carbocycles. The van der Waals surface area contributed by atoms with Gasteiger partial charge in [0.25, 0.3) is 0 Å². The number of carbonyl (C=O) groups is 2. The van der Waals surface area contributed by atoms with Crippen LogP contribution in [0.3, 0.4) is 0 Å². The van der Waals surface area contributed by atoms with Crippen molar-refractivity contribution in [3.63, 3.8) is 0 Å². The van der Waals surface area contributed by atoms with E-state index in [4.69, 9.17) is 4.74 Å². The lowest BCUT2D eigenvalue weighted by molar-refractivity contribution is -0.140. The lowest BCUT2D eigenvalue weighted by Crippen LogP contribution is -2.25. The Morgan fingerprint density at radius 2 is 2.00 bits per heavy atom. The topological polar surface area (TPSA) is 58.6 Å². The molecule has 0 bridgehead atoms. The highest BCUT2D eigenvalue weighted by Crippen LogP contribution is 2.01. The molecule has 14 heavy (non-hydrogen) atoms. The van der Waals surface area contributed by atoms with Crippen molar-refractivity contribution < 1.29 is 14.3 Å². The third-order valence-electron chi connectivity index (χ3n) is 1.48. The van der Waals surface area contributed by atoms with Crippen LogP contribution in [-0.2, 0) is 14.3 Å². The van der Waals surface area contributed by atoms with Crippen LogP contribution in [0.25, 0.3) is 0 Å². The van der Waals surface area contributed by atoms with Crippen molar-refractivity contribution in [1.82, 2.24) is 10.2 Å². The number of rotatable bonds is 4. The third-order valence-corrected chi connectivity index (χ3v) is 1.48. The predicted molar refractivity (Wildman–Crippen MR) is 52.5 cm³/mol. The number of hydrogen-bond donors (Lipinski definition) is 1. The SMILES string of the molecule is CCOC(=O)/C(=C/C(=O)NC)N(C)C. The fourth-order valence-electron chi connectivity index (χ4n) is 0.772. The van der Waals surface area contributed by atoms with Gasteiger partial charge >= 0.3 is 5.97 Å². The van der Waals surface area contributed by atoms with Crippen LogP contribution in [0.5, 0.6) is 0 Å². The van der Waals surface area contributed by atoms with Crippen LogP contribution < -0.4 is 5.32 Å². The monoisotopic (exact) mass is 200 g/mol. The van der Waals surface area contributed by atoms with Crippen molar-refractivity contribution >= 4 is 11.9 Å². The molecule has 1 N–H and O–H groups in total. The van der Waals surface area contributed by atoms with E-state index in [1.54, 1.807) is 21.0 Å². The van der Waals surface area contributed by atoms with Gasteiger partial charge in [0.1, 0.15) is 5.70 Å². The van der Waals surface area contributed by atoms with Gasteiger partial charge in [-0.1, -0.05) is 0 Å². The molecule has 0 saturated heterocycles. The van der Waals surface area contributed by atoms with Crippen molar-refractivity contribution in [3.8, 4) is 0 Å². The highest BCUT2D eigenvalue weighted by atomic mass is 16.5. The highest BCUT2D eigenvalue weighted by molar-refractivity contribution is 5.97. The Labute approximate surface area is 83.7 Å². The number of amides is 1. The third kappa shape index (κ3) is 3.93. The van der Waals surface area contributed by atoms with Crippen LogP contribution in [0, 0.1) is 0 Å². The van der Waals surface area contributed by atoms with E-state index in [-0.39, 0.29) is 18.2 Å². The van der Waals surface area contributed by atoms with E-state index in [0.717, 1.165) is 0 Å². The van der Waals surface area contributed by atoms with Gasteiger partial charge in [-0.3, -0.25) is 4.79 Å². The largest absolute Gasteiger partial charge is 0.461 e. The minimum absolute atomic E-state index is 0.228. The molecule has 0 unspecified atom stereocenters. The van der Waals surface area contributed by atoms with Gasteiger partial charge in [-0.15, -0.1) is 0 Å². The fourth-order valence-corrected chi connectivity index (χ4v) is 0.772. The van der Waals surface area contributed by atoms with Gasteiger partial charge in [0, 0.05) is 27.2 Å². The van der Waals surface area contributed by atoms with Gasteiger partial charge in [-0.2, -0.15) is 0 Å². The summed E-state index contributed by atoms with van der Waals surface area (Å²) >= 11 is 0. The second-order valence-electron chi connectivity index (χ2n) is 2.76. The molecule has 0 aromatic heterocycles. The molecule has 0 saturated carbocycles. The summed E-state index contributed by atoms with van der Waals surface area (Å²) in [5.41, 5.74) is 0.228. The molecule has 0 spiro atoms. The highest BCUT2D eigenvalue weighted by Gasteiger charge is 2.13. The molecule has 0 fully saturated rings. The Bertz CT molecular complexity index is 246. The second kappa shape index (κ2) is 6.01. The van der Waals surface area contributed by atoms with E-state index in [1.807, 2.05) is 0 Å². The Morgan fingerprint density at radius 1 is 1.43 bits per heavy atom. The van der Waals surface area contributed by atoms with Gasteiger partial charge in [-0.05, 0) is 6.92 Å². The first-order valence-corrected chi connectivity index (χ1v) is 4.30. The molecule has 1 amide bonds. The van der Waals surface area contributed by atoms with Crippen LogP contribution in [0.2, 0.25) is 0 Å². The second-order valence-corrected chi connectivity index (χ2v) is 2.76. The molecule has 0 atom stereocenters. The smallest absolute Gasteiger partial charge is 0.354 e. The molecule has 0 aromatic rings. The maximum absolute atomic E-state index is 11.3. The summed E-state index contributed by atoms with van der Waals surface area (Å²) in [5, 5.41) is 2.40. The van der Waals surface area contributed by atoms with Crippen LogP contribution >= 0.6 is 0 Å². The van der Waals surface area contributed by atoms with Crippen LogP contribution in [0.15, 0.2) is 11.8 Å². The number of nitrogens with zero attached hydrogens (tertiary/aromatic N) is 1. The first-order valence-electron chi connectivity index (χ1n) is 4.30. The Morgan fingerprint density at radius 3 is 2.36 bits per heavy atom. The Hall–Kier alpha value is -1.52. The average Bonchev–Trinajstić information content (AvgIpc) is 2.13. The summed E-state index contributed by atoms with van der Waals surface area (Å²) in [5.74, 6) is -0.831. The molecular formula is C9H16N2O3. The summed E-state index contributed by atoms with van der Waals surface area (Å²) in [7, 11) is 4.84. The molecular weight excluding hydrogens is 184 g/mol. The Kier molecular flexibility index (Phi) is 5.36. The number of hydrogen-bond acceptors (Lipinski definition) is 4. The van der Waals surface area contributed by atoms with Crippen molar-refractivity contribution in [3.05, 3.63) is 11.8 Å².